The minimum atomic E-state index is -0.444. The molecular formula is C29H29ClN4O. The molecule has 6 heteroatoms. The van der Waals surface area contributed by atoms with Crippen molar-refractivity contribution in [2.24, 2.45) is 0 Å². The molecule has 1 atom stereocenters. The summed E-state index contributed by atoms with van der Waals surface area (Å²) in [5.41, 5.74) is 3.81. The Bertz CT molecular complexity index is 1270. The number of carbonyl (C=O) groups is 1. The van der Waals surface area contributed by atoms with Gasteiger partial charge in [-0.25, -0.2) is 4.98 Å². The normalized spacial score (nSPS) is 18.0. The predicted octanol–water partition coefficient (Wildman–Crippen LogP) is 5.86. The van der Waals surface area contributed by atoms with Gasteiger partial charge in [0.2, 0.25) is 5.91 Å². The van der Waals surface area contributed by atoms with Crippen LogP contribution >= 0.6 is 11.6 Å². The zero-order valence-electron chi connectivity index (χ0n) is 19.8. The number of amides is 1. The summed E-state index contributed by atoms with van der Waals surface area (Å²) in [4.78, 5) is 22.5. The van der Waals surface area contributed by atoms with Crippen LogP contribution in [-0.4, -0.2) is 40.0 Å². The molecule has 1 unspecified atom stereocenters. The van der Waals surface area contributed by atoms with Crippen LogP contribution in [0.5, 0.6) is 0 Å². The van der Waals surface area contributed by atoms with E-state index >= 15 is 0 Å². The molecule has 0 N–H and O–H groups in total. The highest BCUT2D eigenvalue weighted by atomic mass is 35.5. The Morgan fingerprint density at radius 3 is 2.34 bits per heavy atom. The number of hydrogen-bond donors (Lipinski definition) is 0. The van der Waals surface area contributed by atoms with Crippen molar-refractivity contribution in [1.29, 1.82) is 0 Å². The van der Waals surface area contributed by atoms with Gasteiger partial charge in [-0.15, -0.1) is 0 Å². The number of nitrogens with zero attached hydrogens (tertiary/aromatic N) is 4. The fraction of sp³-hybridized carbons (Fsp3) is 0.241. The van der Waals surface area contributed by atoms with Crippen molar-refractivity contribution >= 4 is 23.2 Å². The minimum Gasteiger partial charge on any atom is -0.367 e. The summed E-state index contributed by atoms with van der Waals surface area (Å²) in [6.07, 6.45) is 4.25. The summed E-state index contributed by atoms with van der Waals surface area (Å²) in [6, 6.07) is 28.4. The van der Waals surface area contributed by atoms with Crippen LogP contribution < -0.4 is 4.90 Å². The standard InChI is InChI=1S/C29H29ClN4O/c1-29(24-10-6-3-7-11-24)21-33(26-14-12-25(30)13-15-26)18-19-34(29)28(35)16-17-32-20-27(31-22-32)23-8-4-2-5-9-23/h2-15,20,22H,16-19,21H2,1H3. The van der Waals surface area contributed by atoms with E-state index < -0.39 is 5.54 Å². The quantitative estimate of drug-likeness (QED) is 0.344. The molecule has 1 saturated heterocycles. The summed E-state index contributed by atoms with van der Waals surface area (Å²) in [5, 5.41) is 0.725. The van der Waals surface area contributed by atoms with E-state index in [4.69, 9.17) is 11.6 Å². The molecule has 35 heavy (non-hydrogen) atoms. The average molecular weight is 485 g/mol. The molecule has 1 aliphatic rings. The summed E-state index contributed by atoms with van der Waals surface area (Å²) >= 11 is 6.11. The zero-order chi connectivity index (χ0) is 24.3. The van der Waals surface area contributed by atoms with E-state index in [-0.39, 0.29) is 5.91 Å². The zero-order valence-corrected chi connectivity index (χ0v) is 20.6. The van der Waals surface area contributed by atoms with Gasteiger partial charge < -0.3 is 14.4 Å². The molecule has 0 saturated carbocycles. The van der Waals surface area contributed by atoms with Gasteiger partial charge in [-0.05, 0) is 36.8 Å². The molecular weight excluding hydrogens is 456 g/mol. The van der Waals surface area contributed by atoms with Crippen molar-refractivity contribution in [2.75, 3.05) is 24.5 Å². The van der Waals surface area contributed by atoms with Gasteiger partial charge in [0.05, 0.1) is 17.6 Å². The van der Waals surface area contributed by atoms with Gasteiger partial charge in [0.1, 0.15) is 0 Å². The van der Waals surface area contributed by atoms with E-state index in [1.54, 1.807) is 0 Å². The number of piperazine rings is 1. The second-order valence-electron chi connectivity index (χ2n) is 9.20. The lowest BCUT2D eigenvalue weighted by Crippen LogP contribution is -2.60. The second kappa shape index (κ2) is 9.96. The molecule has 4 aromatic rings. The first-order valence-electron chi connectivity index (χ1n) is 12.0. The van der Waals surface area contributed by atoms with Gasteiger partial charge >= 0.3 is 0 Å². The SMILES string of the molecule is CC1(c2ccccc2)CN(c2ccc(Cl)cc2)CCN1C(=O)CCn1cnc(-c2ccccc2)c1. The van der Waals surface area contributed by atoms with Crippen LogP contribution in [0.2, 0.25) is 5.02 Å². The van der Waals surface area contributed by atoms with Gasteiger partial charge in [0.25, 0.3) is 0 Å². The van der Waals surface area contributed by atoms with Crippen LogP contribution in [0.25, 0.3) is 11.3 Å². The molecule has 0 aliphatic carbocycles. The van der Waals surface area contributed by atoms with Crippen molar-refractivity contribution in [2.45, 2.75) is 25.4 Å². The molecule has 0 spiro atoms. The highest BCUT2D eigenvalue weighted by Gasteiger charge is 2.41. The molecule has 1 aliphatic heterocycles. The molecule has 178 valence electrons. The first kappa shape index (κ1) is 23.2. The maximum Gasteiger partial charge on any atom is 0.225 e. The summed E-state index contributed by atoms with van der Waals surface area (Å²) in [5.74, 6) is 0.155. The van der Waals surface area contributed by atoms with Crippen LogP contribution in [0.1, 0.15) is 18.9 Å². The number of aromatic nitrogens is 2. The number of halogens is 1. The number of benzene rings is 3. The van der Waals surface area contributed by atoms with E-state index in [9.17, 15) is 4.79 Å². The number of aryl methyl sites for hydroxylation is 1. The Morgan fingerprint density at radius 1 is 0.943 bits per heavy atom. The molecule has 2 heterocycles. The average Bonchev–Trinajstić information content (AvgIpc) is 3.38. The fourth-order valence-corrected chi connectivity index (χ4v) is 5.05. The molecule has 3 aromatic carbocycles. The van der Waals surface area contributed by atoms with E-state index in [0.717, 1.165) is 34.1 Å². The first-order chi connectivity index (χ1) is 17.0. The smallest absolute Gasteiger partial charge is 0.225 e. The maximum absolute atomic E-state index is 13.6. The number of hydrogen-bond acceptors (Lipinski definition) is 3. The summed E-state index contributed by atoms with van der Waals surface area (Å²) < 4.78 is 2.00. The van der Waals surface area contributed by atoms with Crippen LogP contribution in [0, 0.1) is 0 Å². The Hall–Kier alpha value is -3.57. The molecule has 1 amide bonds. The van der Waals surface area contributed by atoms with Gasteiger partial charge in [-0.2, -0.15) is 0 Å². The van der Waals surface area contributed by atoms with Crippen LogP contribution in [-0.2, 0) is 16.9 Å². The monoisotopic (exact) mass is 484 g/mol. The van der Waals surface area contributed by atoms with E-state index in [0.29, 0.717) is 26.1 Å². The summed E-state index contributed by atoms with van der Waals surface area (Å²) in [6.45, 7) is 4.92. The highest BCUT2D eigenvalue weighted by molar-refractivity contribution is 6.30. The third-order valence-electron chi connectivity index (χ3n) is 6.86. The van der Waals surface area contributed by atoms with Crippen molar-refractivity contribution < 1.29 is 4.79 Å². The Kier molecular flexibility index (Phi) is 6.60. The molecule has 0 bridgehead atoms. The van der Waals surface area contributed by atoms with Gasteiger partial charge in [-0.3, -0.25) is 4.79 Å². The number of carbonyl (C=O) groups excluding carboxylic acids is 1. The summed E-state index contributed by atoms with van der Waals surface area (Å²) in [7, 11) is 0. The van der Waals surface area contributed by atoms with E-state index in [1.807, 2.05) is 77.8 Å². The minimum absolute atomic E-state index is 0.155. The first-order valence-corrected chi connectivity index (χ1v) is 12.3. The van der Waals surface area contributed by atoms with E-state index in [2.05, 4.69) is 46.0 Å². The number of rotatable bonds is 6. The van der Waals surface area contributed by atoms with Crippen LogP contribution in [0.3, 0.4) is 0 Å². The second-order valence-corrected chi connectivity index (χ2v) is 9.63. The Morgan fingerprint density at radius 2 is 1.63 bits per heavy atom. The van der Waals surface area contributed by atoms with Crippen molar-refractivity contribution in [1.82, 2.24) is 14.5 Å². The van der Waals surface area contributed by atoms with Crippen molar-refractivity contribution in [3.8, 4) is 11.3 Å². The third-order valence-corrected chi connectivity index (χ3v) is 7.12. The van der Waals surface area contributed by atoms with Crippen molar-refractivity contribution in [3.05, 3.63) is 108 Å². The van der Waals surface area contributed by atoms with Gasteiger partial charge in [0.15, 0.2) is 0 Å². The highest BCUT2D eigenvalue weighted by Crippen LogP contribution is 2.35. The number of anilines is 1. The number of imidazole rings is 1. The molecule has 1 fully saturated rings. The lowest BCUT2D eigenvalue weighted by atomic mass is 9.86. The third kappa shape index (κ3) is 4.96. The Balaban J connectivity index is 1.33. The van der Waals surface area contributed by atoms with Gasteiger partial charge in [-0.1, -0.05) is 72.3 Å². The fourth-order valence-electron chi connectivity index (χ4n) is 4.92. The lowest BCUT2D eigenvalue weighted by Gasteiger charge is -2.50. The Labute approximate surface area is 211 Å². The molecule has 0 radical (unpaired) electrons. The molecule has 1 aromatic heterocycles. The van der Waals surface area contributed by atoms with Gasteiger partial charge in [0, 0.05) is 55.1 Å². The van der Waals surface area contributed by atoms with Crippen LogP contribution in [0.4, 0.5) is 5.69 Å². The predicted molar refractivity (Wildman–Crippen MR) is 141 cm³/mol. The molecule has 5 nitrogen and oxygen atoms in total. The van der Waals surface area contributed by atoms with Crippen molar-refractivity contribution in [3.63, 3.8) is 0 Å². The maximum atomic E-state index is 13.6. The molecule has 5 rings (SSSR count). The topological polar surface area (TPSA) is 41.4 Å². The van der Waals surface area contributed by atoms with E-state index in [1.165, 1.54) is 0 Å². The van der Waals surface area contributed by atoms with Crippen LogP contribution in [0.15, 0.2) is 97.5 Å². The lowest BCUT2D eigenvalue weighted by molar-refractivity contribution is -0.138. The largest absolute Gasteiger partial charge is 0.367 e.